The molecule has 1 N–H and O–H groups in total. The molecule has 4 heterocycles. The molecule has 1 saturated heterocycles. The molecule has 0 radical (unpaired) electrons. The van der Waals surface area contributed by atoms with Crippen molar-refractivity contribution in [1.29, 1.82) is 0 Å². The number of hydrogen-bond acceptors (Lipinski definition) is 4. The maximum Gasteiger partial charge on any atom is 0.159 e. The van der Waals surface area contributed by atoms with Crippen molar-refractivity contribution in [2.75, 3.05) is 13.1 Å². The van der Waals surface area contributed by atoms with Crippen LogP contribution < -0.4 is 0 Å². The third-order valence-electron chi connectivity index (χ3n) is 5.48. The molecule has 26 heavy (non-hydrogen) atoms. The zero-order chi connectivity index (χ0) is 18.3. The first-order valence-electron chi connectivity index (χ1n) is 9.59. The quantitative estimate of drug-likeness (QED) is 0.780. The Balaban J connectivity index is 1.42. The summed E-state index contributed by atoms with van der Waals surface area (Å²) in [5, 5.41) is 12.2. The molecule has 138 valence electrons. The topological polar surface area (TPSA) is 62.1 Å². The van der Waals surface area contributed by atoms with Crippen LogP contribution in [0.5, 0.6) is 0 Å². The Morgan fingerprint density at radius 1 is 1.19 bits per heavy atom. The van der Waals surface area contributed by atoms with Crippen LogP contribution >= 0.6 is 0 Å². The van der Waals surface area contributed by atoms with E-state index in [0.717, 1.165) is 36.7 Å². The van der Waals surface area contributed by atoms with Crippen molar-refractivity contribution in [3.05, 3.63) is 46.7 Å². The Morgan fingerprint density at radius 2 is 1.96 bits per heavy atom. The van der Waals surface area contributed by atoms with Gasteiger partial charge in [-0.05, 0) is 57.8 Å². The SMILES string of the molecule is Cc1cc(C)n2ncc(CN3CCC(c4cc(C(C)C)n[nH]4)CC3)c2n1. The molecule has 0 unspecified atom stereocenters. The fraction of sp³-hybridized carbons (Fsp3) is 0.550. The van der Waals surface area contributed by atoms with Crippen LogP contribution in [0.3, 0.4) is 0 Å². The summed E-state index contributed by atoms with van der Waals surface area (Å²) in [5.74, 6) is 1.08. The summed E-state index contributed by atoms with van der Waals surface area (Å²) in [6.45, 7) is 11.6. The van der Waals surface area contributed by atoms with Crippen molar-refractivity contribution in [2.24, 2.45) is 0 Å². The molecule has 1 aliphatic heterocycles. The number of aromatic nitrogens is 5. The highest BCUT2D eigenvalue weighted by molar-refractivity contribution is 5.47. The first-order valence-corrected chi connectivity index (χ1v) is 9.59. The van der Waals surface area contributed by atoms with Crippen LogP contribution in [-0.4, -0.2) is 42.8 Å². The second-order valence-electron chi connectivity index (χ2n) is 7.90. The van der Waals surface area contributed by atoms with Gasteiger partial charge in [-0.3, -0.25) is 10.00 Å². The highest BCUT2D eigenvalue weighted by Gasteiger charge is 2.23. The van der Waals surface area contributed by atoms with E-state index in [9.17, 15) is 0 Å². The van der Waals surface area contributed by atoms with Crippen LogP contribution in [0.2, 0.25) is 0 Å². The van der Waals surface area contributed by atoms with Crippen LogP contribution in [0, 0.1) is 13.8 Å². The molecule has 0 amide bonds. The zero-order valence-corrected chi connectivity index (χ0v) is 16.2. The summed E-state index contributed by atoms with van der Waals surface area (Å²) in [6, 6.07) is 4.33. The van der Waals surface area contributed by atoms with Gasteiger partial charge in [0.05, 0.1) is 11.9 Å². The summed E-state index contributed by atoms with van der Waals surface area (Å²) in [7, 11) is 0. The van der Waals surface area contributed by atoms with Gasteiger partial charge >= 0.3 is 0 Å². The van der Waals surface area contributed by atoms with Gasteiger partial charge in [0.2, 0.25) is 0 Å². The number of nitrogens with one attached hydrogen (secondary N) is 1. The average Bonchev–Trinajstić information content (AvgIpc) is 3.24. The minimum absolute atomic E-state index is 0.482. The van der Waals surface area contributed by atoms with Crippen LogP contribution in [-0.2, 0) is 6.54 Å². The Labute approximate surface area is 154 Å². The van der Waals surface area contributed by atoms with Gasteiger partial charge in [-0.2, -0.15) is 10.2 Å². The lowest BCUT2D eigenvalue weighted by atomic mass is 9.93. The van der Waals surface area contributed by atoms with E-state index in [-0.39, 0.29) is 0 Å². The van der Waals surface area contributed by atoms with Crippen LogP contribution in [0.4, 0.5) is 0 Å². The fourth-order valence-corrected chi connectivity index (χ4v) is 3.93. The molecular weight excluding hydrogens is 324 g/mol. The molecule has 0 aliphatic carbocycles. The van der Waals surface area contributed by atoms with Crippen LogP contribution in [0.1, 0.15) is 66.9 Å². The minimum Gasteiger partial charge on any atom is -0.299 e. The molecule has 0 bridgehead atoms. The maximum atomic E-state index is 4.70. The largest absolute Gasteiger partial charge is 0.299 e. The number of aryl methyl sites for hydroxylation is 2. The number of aromatic amines is 1. The lowest BCUT2D eigenvalue weighted by molar-refractivity contribution is 0.204. The number of rotatable bonds is 4. The smallest absolute Gasteiger partial charge is 0.159 e. The predicted molar refractivity (Wildman–Crippen MR) is 102 cm³/mol. The molecule has 0 spiro atoms. The highest BCUT2D eigenvalue weighted by Crippen LogP contribution is 2.29. The molecule has 0 aromatic carbocycles. The number of hydrogen-bond donors (Lipinski definition) is 1. The summed E-state index contributed by atoms with van der Waals surface area (Å²) < 4.78 is 1.95. The second-order valence-corrected chi connectivity index (χ2v) is 7.90. The summed E-state index contributed by atoms with van der Waals surface area (Å²) >= 11 is 0. The average molecular weight is 352 g/mol. The third-order valence-corrected chi connectivity index (χ3v) is 5.48. The van der Waals surface area contributed by atoms with E-state index in [2.05, 4.69) is 53.1 Å². The minimum atomic E-state index is 0.482. The molecule has 6 heteroatoms. The van der Waals surface area contributed by atoms with E-state index in [1.807, 2.05) is 17.6 Å². The Morgan fingerprint density at radius 3 is 2.65 bits per heavy atom. The van der Waals surface area contributed by atoms with Crippen molar-refractivity contribution < 1.29 is 0 Å². The monoisotopic (exact) mass is 352 g/mol. The molecule has 1 fully saturated rings. The van der Waals surface area contributed by atoms with Crippen molar-refractivity contribution in [2.45, 2.75) is 58.9 Å². The van der Waals surface area contributed by atoms with Crippen LogP contribution in [0.15, 0.2) is 18.3 Å². The number of piperidine rings is 1. The Bertz CT molecular complexity index is 898. The number of nitrogens with zero attached hydrogens (tertiary/aromatic N) is 5. The lowest BCUT2D eigenvalue weighted by Gasteiger charge is -2.31. The molecule has 4 rings (SSSR count). The van der Waals surface area contributed by atoms with Crippen molar-refractivity contribution in [3.63, 3.8) is 0 Å². The zero-order valence-electron chi connectivity index (χ0n) is 16.2. The number of fused-ring (bicyclic) bond motifs is 1. The first kappa shape index (κ1) is 17.2. The predicted octanol–water partition coefficient (Wildman–Crippen LogP) is 3.57. The van der Waals surface area contributed by atoms with Gasteiger partial charge in [0.15, 0.2) is 5.65 Å². The van der Waals surface area contributed by atoms with E-state index < -0.39 is 0 Å². The molecule has 6 nitrogen and oxygen atoms in total. The molecule has 3 aromatic rings. The molecule has 1 aliphatic rings. The highest BCUT2D eigenvalue weighted by atomic mass is 15.3. The van der Waals surface area contributed by atoms with Gasteiger partial charge in [-0.1, -0.05) is 13.8 Å². The fourth-order valence-electron chi connectivity index (χ4n) is 3.93. The normalized spacial score (nSPS) is 16.8. The van der Waals surface area contributed by atoms with Crippen LogP contribution in [0.25, 0.3) is 5.65 Å². The molecule has 0 atom stereocenters. The van der Waals surface area contributed by atoms with E-state index in [1.165, 1.54) is 29.8 Å². The standard InChI is InChI=1S/C20H28N6/c1-13(2)18-10-19(24-23-18)16-5-7-25(8-6-16)12-17-11-21-26-15(4)9-14(3)22-20(17)26/h9-11,13,16H,5-8,12H2,1-4H3,(H,23,24). The summed E-state index contributed by atoms with van der Waals surface area (Å²) in [5.41, 5.74) is 6.88. The second kappa shape index (κ2) is 6.83. The lowest BCUT2D eigenvalue weighted by Crippen LogP contribution is -2.32. The Hall–Kier alpha value is -2.21. The van der Waals surface area contributed by atoms with Gasteiger partial charge < -0.3 is 0 Å². The number of H-pyrrole nitrogens is 1. The molecule has 3 aromatic heterocycles. The first-order chi connectivity index (χ1) is 12.5. The van der Waals surface area contributed by atoms with Gasteiger partial charge in [-0.15, -0.1) is 0 Å². The number of likely N-dealkylation sites (tertiary alicyclic amines) is 1. The van der Waals surface area contributed by atoms with Gasteiger partial charge in [0.25, 0.3) is 0 Å². The van der Waals surface area contributed by atoms with Gasteiger partial charge in [-0.25, -0.2) is 9.50 Å². The van der Waals surface area contributed by atoms with Crippen molar-refractivity contribution in [1.82, 2.24) is 29.7 Å². The van der Waals surface area contributed by atoms with Crippen molar-refractivity contribution in [3.8, 4) is 0 Å². The molecule has 0 saturated carbocycles. The summed E-state index contributed by atoms with van der Waals surface area (Å²) in [4.78, 5) is 7.22. The van der Waals surface area contributed by atoms with Gasteiger partial charge in [0.1, 0.15) is 0 Å². The maximum absolute atomic E-state index is 4.70. The third kappa shape index (κ3) is 3.26. The van der Waals surface area contributed by atoms with Gasteiger partial charge in [0, 0.05) is 35.1 Å². The Kier molecular flexibility index (Phi) is 4.53. The van der Waals surface area contributed by atoms with E-state index >= 15 is 0 Å². The van der Waals surface area contributed by atoms with Crippen molar-refractivity contribution >= 4 is 5.65 Å². The van der Waals surface area contributed by atoms with E-state index in [0.29, 0.717) is 11.8 Å². The molecular formula is C20H28N6. The van der Waals surface area contributed by atoms with E-state index in [1.54, 1.807) is 0 Å². The summed E-state index contributed by atoms with van der Waals surface area (Å²) in [6.07, 6.45) is 4.32. The van der Waals surface area contributed by atoms with E-state index in [4.69, 9.17) is 4.98 Å².